The van der Waals surface area contributed by atoms with Crippen LogP contribution in [0.25, 0.3) is 11.4 Å². The van der Waals surface area contributed by atoms with Crippen molar-refractivity contribution in [1.29, 1.82) is 0 Å². The molecule has 104 valence electrons. The van der Waals surface area contributed by atoms with Crippen LogP contribution >= 0.6 is 0 Å². The fourth-order valence-corrected chi connectivity index (χ4v) is 1.96. The molecule has 0 spiro atoms. The van der Waals surface area contributed by atoms with Gasteiger partial charge < -0.3 is 9.47 Å². The second-order valence-corrected chi connectivity index (χ2v) is 5.57. The minimum Gasteiger partial charge on any atom is -0.486 e. The summed E-state index contributed by atoms with van der Waals surface area (Å²) in [7, 11) is 0. The van der Waals surface area contributed by atoms with Gasteiger partial charge in [-0.3, -0.25) is 4.98 Å². The van der Waals surface area contributed by atoms with Gasteiger partial charge in [0.15, 0.2) is 0 Å². The summed E-state index contributed by atoms with van der Waals surface area (Å²) in [6.45, 7) is 5.81. The van der Waals surface area contributed by atoms with Crippen molar-refractivity contribution in [2.75, 3.05) is 0 Å². The minimum absolute atomic E-state index is 0.372. The van der Waals surface area contributed by atoms with Gasteiger partial charge in [-0.25, -0.2) is 4.79 Å². The molecular weight excluding hydrogens is 258 g/mol. The second kappa shape index (κ2) is 4.33. The molecule has 1 aliphatic heterocycles. The van der Waals surface area contributed by atoms with Crippen LogP contribution < -0.4 is 4.74 Å². The third-order valence-electron chi connectivity index (χ3n) is 2.75. The molecule has 0 atom stereocenters. The van der Waals surface area contributed by atoms with Gasteiger partial charge in [-0.2, -0.15) is 9.78 Å². The molecule has 0 saturated carbocycles. The van der Waals surface area contributed by atoms with Crippen LogP contribution in [-0.2, 0) is 11.3 Å². The Morgan fingerprint density at radius 3 is 2.95 bits per heavy atom. The highest BCUT2D eigenvalue weighted by Gasteiger charge is 2.25. The highest BCUT2D eigenvalue weighted by atomic mass is 16.6. The van der Waals surface area contributed by atoms with Gasteiger partial charge in [0.2, 0.25) is 0 Å². The number of pyridine rings is 1. The van der Waals surface area contributed by atoms with Crippen LogP contribution in [0.3, 0.4) is 0 Å². The molecule has 2 aromatic heterocycles. The quantitative estimate of drug-likeness (QED) is 0.738. The number of carbonyl (C=O) groups is 1. The summed E-state index contributed by atoms with van der Waals surface area (Å²) in [5, 5.41) is 4.28. The first-order valence-corrected chi connectivity index (χ1v) is 6.34. The lowest BCUT2D eigenvalue weighted by atomic mass is 10.1. The van der Waals surface area contributed by atoms with E-state index in [1.54, 1.807) is 18.5 Å². The predicted molar refractivity (Wildman–Crippen MR) is 71.4 cm³/mol. The van der Waals surface area contributed by atoms with Crippen molar-refractivity contribution in [3.8, 4) is 17.1 Å². The number of carbonyl (C=O) groups excluding carboxylic acids is 1. The summed E-state index contributed by atoms with van der Waals surface area (Å²) in [6, 6.07) is 3.63. The van der Waals surface area contributed by atoms with E-state index in [0.29, 0.717) is 23.7 Å². The molecule has 6 nitrogen and oxygen atoms in total. The van der Waals surface area contributed by atoms with Gasteiger partial charge in [0.25, 0.3) is 0 Å². The predicted octanol–water partition coefficient (Wildman–Crippen LogP) is 2.62. The van der Waals surface area contributed by atoms with E-state index in [9.17, 15) is 4.79 Å². The Labute approximate surface area is 116 Å². The maximum Gasteiger partial charge on any atom is 0.435 e. The summed E-state index contributed by atoms with van der Waals surface area (Å²) in [5.41, 5.74) is 1.58. The number of fused-ring (bicyclic) bond motifs is 3. The molecule has 0 unspecified atom stereocenters. The Morgan fingerprint density at radius 1 is 1.40 bits per heavy atom. The van der Waals surface area contributed by atoms with E-state index in [4.69, 9.17) is 9.47 Å². The average molecular weight is 273 g/mol. The maximum absolute atomic E-state index is 12.0. The molecule has 0 amide bonds. The zero-order chi connectivity index (χ0) is 14.3. The standard InChI is InChI=1S/C14H15N3O3/c1-14(2,3)20-13(18)17-7-9-8-19-10-5-4-6-15-12(10)11(9)16-17/h4-7H,8H2,1-3H3. The summed E-state index contributed by atoms with van der Waals surface area (Å²) >= 11 is 0. The molecule has 3 rings (SSSR count). The van der Waals surface area contributed by atoms with Gasteiger partial charge >= 0.3 is 6.09 Å². The Balaban J connectivity index is 1.97. The van der Waals surface area contributed by atoms with Crippen LogP contribution in [0.2, 0.25) is 0 Å². The van der Waals surface area contributed by atoms with Gasteiger partial charge in [0.1, 0.15) is 29.3 Å². The third-order valence-corrected chi connectivity index (χ3v) is 2.75. The van der Waals surface area contributed by atoms with Crippen LogP contribution in [0.15, 0.2) is 24.5 Å². The van der Waals surface area contributed by atoms with Crippen LogP contribution in [0.1, 0.15) is 26.3 Å². The molecule has 0 aromatic carbocycles. The van der Waals surface area contributed by atoms with Crippen LogP contribution in [-0.4, -0.2) is 26.5 Å². The summed E-state index contributed by atoms with van der Waals surface area (Å²) in [6.07, 6.45) is 2.79. The third kappa shape index (κ3) is 2.24. The highest BCUT2D eigenvalue weighted by Crippen LogP contribution is 2.34. The van der Waals surface area contributed by atoms with E-state index in [2.05, 4.69) is 10.1 Å². The summed E-state index contributed by atoms with van der Waals surface area (Å²) < 4.78 is 12.1. The van der Waals surface area contributed by atoms with E-state index in [-0.39, 0.29) is 0 Å². The minimum atomic E-state index is -0.559. The fraction of sp³-hybridized carbons (Fsp3) is 0.357. The molecular formula is C14H15N3O3. The molecule has 0 N–H and O–H groups in total. The summed E-state index contributed by atoms with van der Waals surface area (Å²) in [4.78, 5) is 16.3. The molecule has 20 heavy (non-hydrogen) atoms. The SMILES string of the molecule is CC(C)(C)OC(=O)n1cc2c(n1)-c1ncccc1OC2. The van der Waals surface area contributed by atoms with Crippen molar-refractivity contribution in [1.82, 2.24) is 14.8 Å². The molecule has 0 fully saturated rings. The van der Waals surface area contributed by atoms with Gasteiger partial charge in [0.05, 0.1) is 0 Å². The monoisotopic (exact) mass is 273 g/mol. The van der Waals surface area contributed by atoms with Crippen molar-refractivity contribution >= 4 is 6.09 Å². The largest absolute Gasteiger partial charge is 0.486 e. The number of hydrogen-bond acceptors (Lipinski definition) is 5. The van der Waals surface area contributed by atoms with E-state index < -0.39 is 11.7 Å². The van der Waals surface area contributed by atoms with Crippen LogP contribution in [0.4, 0.5) is 4.79 Å². The maximum atomic E-state index is 12.0. The first kappa shape index (κ1) is 12.7. The van der Waals surface area contributed by atoms with Gasteiger partial charge in [-0.1, -0.05) is 0 Å². The molecule has 1 aliphatic rings. The second-order valence-electron chi connectivity index (χ2n) is 5.57. The first-order chi connectivity index (χ1) is 9.44. The Kier molecular flexibility index (Phi) is 2.74. The molecule has 0 bridgehead atoms. The normalized spacial score (nSPS) is 13.2. The van der Waals surface area contributed by atoms with E-state index >= 15 is 0 Å². The molecule has 0 saturated heterocycles. The Hall–Kier alpha value is -2.37. The lowest BCUT2D eigenvalue weighted by Gasteiger charge is -2.18. The topological polar surface area (TPSA) is 66.2 Å². The van der Waals surface area contributed by atoms with Crippen molar-refractivity contribution in [3.05, 3.63) is 30.1 Å². The highest BCUT2D eigenvalue weighted by molar-refractivity contribution is 5.74. The van der Waals surface area contributed by atoms with Crippen molar-refractivity contribution in [2.45, 2.75) is 33.0 Å². The van der Waals surface area contributed by atoms with Crippen molar-refractivity contribution in [3.63, 3.8) is 0 Å². The lowest BCUT2D eigenvalue weighted by Crippen LogP contribution is -2.27. The van der Waals surface area contributed by atoms with Crippen LogP contribution in [0, 0.1) is 0 Å². The van der Waals surface area contributed by atoms with Crippen molar-refractivity contribution in [2.24, 2.45) is 0 Å². The number of rotatable bonds is 0. The van der Waals surface area contributed by atoms with E-state index in [1.165, 1.54) is 4.68 Å². The average Bonchev–Trinajstić information content (AvgIpc) is 2.81. The molecule has 6 heteroatoms. The fourth-order valence-electron chi connectivity index (χ4n) is 1.96. The number of ether oxygens (including phenoxy) is 2. The van der Waals surface area contributed by atoms with E-state index in [0.717, 1.165) is 5.56 Å². The molecule has 2 aromatic rings. The molecule has 3 heterocycles. The zero-order valence-electron chi connectivity index (χ0n) is 11.6. The van der Waals surface area contributed by atoms with Gasteiger partial charge in [0, 0.05) is 18.0 Å². The van der Waals surface area contributed by atoms with Crippen LogP contribution in [0.5, 0.6) is 5.75 Å². The molecule has 0 radical (unpaired) electrons. The number of nitrogens with zero attached hydrogens (tertiary/aromatic N) is 3. The lowest BCUT2D eigenvalue weighted by molar-refractivity contribution is 0.0514. The summed E-state index contributed by atoms with van der Waals surface area (Å²) in [5.74, 6) is 0.675. The smallest absolute Gasteiger partial charge is 0.435 e. The zero-order valence-corrected chi connectivity index (χ0v) is 11.6. The first-order valence-electron chi connectivity index (χ1n) is 6.34. The van der Waals surface area contributed by atoms with Crippen molar-refractivity contribution < 1.29 is 14.3 Å². The van der Waals surface area contributed by atoms with Gasteiger partial charge in [-0.05, 0) is 32.9 Å². The Bertz CT molecular complexity index is 671. The number of hydrogen-bond donors (Lipinski definition) is 0. The van der Waals surface area contributed by atoms with Gasteiger partial charge in [-0.15, -0.1) is 0 Å². The molecule has 0 aliphatic carbocycles. The number of aromatic nitrogens is 3. The Morgan fingerprint density at radius 2 is 2.20 bits per heavy atom. The van der Waals surface area contributed by atoms with E-state index in [1.807, 2.05) is 26.8 Å².